The molecule has 3 heteroatoms. The molecule has 11 heavy (non-hydrogen) atoms. The second-order valence-electron chi connectivity index (χ2n) is 2.23. The predicted molar refractivity (Wildman–Crippen MR) is 44.1 cm³/mol. The van der Waals surface area contributed by atoms with Gasteiger partial charge in [-0.05, 0) is 23.9 Å². The van der Waals surface area contributed by atoms with Crippen molar-refractivity contribution < 1.29 is 9.59 Å². The van der Waals surface area contributed by atoms with Gasteiger partial charge in [0.25, 0.3) is 0 Å². The maximum Gasteiger partial charge on any atom is 0.180 e. The Labute approximate surface area is 68.9 Å². The SMILES string of the molecule is Cc1ccsc1C(=O)CC=O. The molecule has 1 aromatic heterocycles. The summed E-state index contributed by atoms with van der Waals surface area (Å²) in [5, 5.41) is 1.85. The second-order valence-corrected chi connectivity index (χ2v) is 3.14. The number of hydrogen-bond donors (Lipinski definition) is 0. The van der Waals surface area contributed by atoms with Crippen LogP contribution in [0, 0.1) is 6.92 Å². The number of thiophene rings is 1. The van der Waals surface area contributed by atoms with Crippen molar-refractivity contribution in [3.05, 3.63) is 21.9 Å². The first-order valence-corrected chi connectivity index (χ1v) is 4.14. The van der Waals surface area contributed by atoms with E-state index in [0.29, 0.717) is 11.2 Å². The molecule has 0 radical (unpaired) electrons. The molecule has 0 amide bonds. The van der Waals surface area contributed by atoms with Crippen molar-refractivity contribution in [1.29, 1.82) is 0 Å². The number of aryl methyl sites for hydroxylation is 1. The van der Waals surface area contributed by atoms with Crippen molar-refractivity contribution in [2.45, 2.75) is 13.3 Å². The number of Topliss-reactive ketones (excluding diaryl/α,β-unsaturated/α-hetero) is 1. The van der Waals surface area contributed by atoms with Crippen LogP contribution in [0.15, 0.2) is 11.4 Å². The summed E-state index contributed by atoms with van der Waals surface area (Å²) in [6.07, 6.45) is 0.642. The van der Waals surface area contributed by atoms with Crippen LogP contribution in [-0.2, 0) is 4.79 Å². The molecule has 2 nitrogen and oxygen atoms in total. The predicted octanol–water partition coefficient (Wildman–Crippen LogP) is 1.83. The average Bonchev–Trinajstić information content (AvgIpc) is 2.36. The summed E-state index contributed by atoms with van der Waals surface area (Å²) in [5.74, 6) is -0.0764. The monoisotopic (exact) mass is 168 g/mol. The molecule has 58 valence electrons. The van der Waals surface area contributed by atoms with Crippen LogP contribution in [0.5, 0.6) is 0 Å². The molecule has 0 aromatic carbocycles. The highest BCUT2D eigenvalue weighted by Gasteiger charge is 2.08. The molecule has 0 unspecified atom stereocenters. The molecule has 0 aliphatic carbocycles. The van der Waals surface area contributed by atoms with Crippen molar-refractivity contribution in [3.63, 3.8) is 0 Å². The lowest BCUT2D eigenvalue weighted by Gasteiger charge is -1.91. The van der Waals surface area contributed by atoms with E-state index in [1.54, 1.807) is 0 Å². The third-order valence-electron chi connectivity index (χ3n) is 1.38. The van der Waals surface area contributed by atoms with E-state index in [9.17, 15) is 9.59 Å². The summed E-state index contributed by atoms with van der Waals surface area (Å²) >= 11 is 1.39. The second kappa shape index (κ2) is 3.44. The zero-order valence-corrected chi connectivity index (χ0v) is 6.98. The Morgan fingerprint density at radius 1 is 1.73 bits per heavy atom. The smallest absolute Gasteiger partial charge is 0.180 e. The summed E-state index contributed by atoms with van der Waals surface area (Å²) < 4.78 is 0. The fourth-order valence-electron chi connectivity index (χ4n) is 0.827. The van der Waals surface area contributed by atoms with E-state index in [2.05, 4.69) is 0 Å². The van der Waals surface area contributed by atoms with Gasteiger partial charge < -0.3 is 4.79 Å². The lowest BCUT2D eigenvalue weighted by molar-refractivity contribution is -0.107. The highest BCUT2D eigenvalue weighted by atomic mass is 32.1. The van der Waals surface area contributed by atoms with Gasteiger partial charge in [-0.3, -0.25) is 4.79 Å². The summed E-state index contributed by atoms with van der Waals surface area (Å²) in [6, 6.07) is 1.88. The first-order valence-electron chi connectivity index (χ1n) is 3.26. The van der Waals surface area contributed by atoms with Crippen molar-refractivity contribution >= 4 is 23.4 Å². The van der Waals surface area contributed by atoms with Gasteiger partial charge in [-0.25, -0.2) is 0 Å². The molecular weight excluding hydrogens is 160 g/mol. The zero-order chi connectivity index (χ0) is 8.27. The molecule has 1 rings (SSSR count). The van der Waals surface area contributed by atoms with Crippen LogP contribution in [0.3, 0.4) is 0 Å². The Kier molecular flexibility index (Phi) is 2.54. The largest absolute Gasteiger partial charge is 0.303 e. The van der Waals surface area contributed by atoms with E-state index < -0.39 is 0 Å². The summed E-state index contributed by atoms with van der Waals surface area (Å²) in [4.78, 5) is 21.8. The minimum Gasteiger partial charge on any atom is -0.303 e. The van der Waals surface area contributed by atoms with Gasteiger partial charge in [0, 0.05) is 0 Å². The van der Waals surface area contributed by atoms with Gasteiger partial charge in [-0.2, -0.15) is 0 Å². The lowest BCUT2D eigenvalue weighted by atomic mass is 10.2. The fraction of sp³-hybridized carbons (Fsp3) is 0.250. The third-order valence-corrected chi connectivity index (χ3v) is 2.44. The van der Waals surface area contributed by atoms with E-state index in [4.69, 9.17) is 0 Å². The Bertz CT molecular complexity index is 275. The third kappa shape index (κ3) is 1.74. The topological polar surface area (TPSA) is 34.1 Å². The number of ketones is 1. The van der Waals surface area contributed by atoms with Crippen molar-refractivity contribution in [1.82, 2.24) is 0 Å². The first-order chi connectivity index (χ1) is 5.25. The Morgan fingerprint density at radius 2 is 2.45 bits per heavy atom. The van der Waals surface area contributed by atoms with Gasteiger partial charge in [0.1, 0.15) is 6.29 Å². The average molecular weight is 168 g/mol. The van der Waals surface area contributed by atoms with Crippen LogP contribution in [0.1, 0.15) is 21.7 Å². The molecule has 0 fully saturated rings. The molecule has 0 N–H and O–H groups in total. The van der Waals surface area contributed by atoms with Crippen LogP contribution >= 0.6 is 11.3 Å². The highest BCUT2D eigenvalue weighted by molar-refractivity contribution is 7.12. The summed E-state index contributed by atoms with van der Waals surface area (Å²) in [5.41, 5.74) is 0.960. The van der Waals surface area contributed by atoms with Crippen LogP contribution in [0.2, 0.25) is 0 Å². The molecule has 0 saturated carbocycles. The standard InChI is InChI=1S/C8H8O2S/c1-6-3-5-11-8(6)7(10)2-4-9/h3-5H,2H2,1H3. The number of carbonyl (C=O) groups is 2. The number of carbonyl (C=O) groups excluding carboxylic acids is 2. The van der Waals surface area contributed by atoms with Crippen LogP contribution in [0.25, 0.3) is 0 Å². The fourth-order valence-corrected chi connectivity index (χ4v) is 1.70. The van der Waals surface area contributed by atoms with Crippen LogP contribution < -0.4 is 0 Å². The lowest BCUT2D eigenvalue weighted by Crippen LogP contribution is -1.97. The van der Waals surface area contributed by atoms with E-state index in [1.165, 1.54) is 11.3 Å². The van der Waals surface area contributed by atoms with Crippen molar-refractivity contribution in [2.24, 2.45) is 0 Å². The molecule has 0 spiro atoms. The quantitative estimate of drug-likeness (QED) is 0.392. The van der Waals surface area contributed by atoms with E-state index in [-0.39, 0.29) is 12.2 Å². The van der Waals surface area contributed by atoms with E-state index in [1.807, 2.05) is 18.4 Å². The van der Waals surface area contributed by atoms with Gasteiger partial charge in [-0.1, -0.05) is 0 Å². The van der Waals surface area contributed by atoms with Crippen molar-refractivity contribution in [2.75, 3.05) is 0 Å². The van der Waals surface area contributed by atoms with E-state index >= 15 is 0 Å². The van der Waals surface area contributed by atoms with Gasteiger partial charge in [0.15, 0.2) is 5.78 Å². The molecular formula is C8H8O2S. The van der Waals surface area contributed by atoms with Gasteiger partial charge in [-0.15, -0.1) is 11.3 Å². The van der Waals surface area contributed by atoms with Crippen molar-refractivity contribution in [3.8, 4) is 0 Å². The molecule has 0 atom stereocenters. The molecule has 1 aromatic rings. The molecule has 1 heterocycles. The number of rotatable bonds is 3. The Morgan fingerprint density at radius 3 is 2.91 bits per heavy atom. The van der Waals surface area contributed by atoms with Crippen LogP contribution in [-0.4, -0.2) is 12.1 Å². The molecule has 0 aliphatic heterocycles. The van der Waals surface area contributed by atoms with Gasteiger partial charge in [0.2, 0.25) is 0 Å². The van der Waals surface area contributed by atoms with Gasteiger partial charge in [0.05, 0.1) is 11.3 Å². The maximum absolute atomic E-state index is 11.1. The summed E-state index contributed by atoms with van der Waals surface area (Å²) in [7, 11) is 0. The van der Waals surface area contributed by atoms with Gasteiger partial charge >= 0.3 is 0 Å². The molecule has 0 bridgehead atoms. The molecule has 0 aliphatic rings. The minimum atomic E-state index is -0.0764. The zero-order valence-electron chi connectivity index (χ0n) is 6.16. The maximum atomic E-state index is 11.1. The number of aldehydes is 1. The first kappa shape index (κ1) is 8.14. The Hall–Kier alpha value is -0.960. The van der Waals surface area contributed by atoms with E-state index in [0.717, 1.165) is 5.56 Å². The Balaban J connectivity index is 2.83. The van der Waals surface area contributed by atoms with Crippen LogP contribution in [0.4, 0.5) is 0 Å². The highest BCUT2D eigenvalue weighted by Crippen LogP contribution is 2.16. The minimum absolute atomic E-state index is 0.00134. The summed E-state index contributed by atoms with van der Waals surface area (Å²) in [6.45, 7) is 1.87. The molecule has 0 saturated heterocycles. The number of hydrogen-bond acceptors (Lipinski definition) is 3. The normalized spacial score (nSPS) is 9.55.